The fraction of sp³-hybridized carbons (Fsp3) is 0.414. The first-order chi connectivity index (χ1) is 17.0. The van der Waals surface area contributed by atoms with Gasteiger partial charge in [0.25, 0.3) is 5.91 Å². The van der Waals surface area contributed by atoms with Crippen LogP contribution in [-0.2, 0) is 11.2 Å². The number of carbonyl (C=O) groups excluding carboxylic acids is 2. The molecule has 1 aromatic carbocycles. The van der Waals surface area contributed by atoms with Gasteiger partial charge in [-0.05, 0) is 73.4 Å². The van der Waals surface area contributed by atoms with Gasteiger partial charge in [0, 0.05) is 30.9 Å². The van der Waals surface area contributed by atoms with Crippen molar-refractivity contribution in [2.24, 2.45) is 11.8 Å². The molecule has 1 N–H and O–H groups in total. The molecule has 0 saturated carbocycles. The first kappa shape index (κ1) is 23.3. The molecule has 0 bridgehead atoms. The highest BCUT2D eigenvalue weighted by atomic mass is 16.3. The molecule has 1 aliphatic heterocycles. The van der Waals surface area contributed by atoms with Crippen molar-refractivity contribution in [2.75, 3.05) is 19.6 Å². The molecule has 0 spiro atoms. The van der Waals surface area contributed by atoms with Crippen LogP contribution in [0, 0.1) is 11.8 Å². The monoisotopic (exact) mass is 471 g/mol. The van der Waals surface area contributed by atoms with Gasteiger partial charge in [0.2, 0.25) is 5.91 Å². The second-order valence-corrected chi connectivity index (χ2v) is 9.89. The number of para-hydroxylation sites is 1. The Hall–Kier alpha value is -3.41. The van der Waals surface area contributed by atoms with Crippen LogP contribution in [0.3, 0.4) is 0 Å². The molecule has 1 atom stereocenters. The van der Waals surface area contributed by atoms with Gasteiger partial charge in [-0.25, -0.2) is 4.98 Å². The third kappa shape index (κ3) is 4.75. The van der Waals surface area contributed by atoms with E-state index < -0.39 is 0 Å². The second kappa shape index (κ2) is 10.1. The first-order valence-electron chi connectivity index (χ1n) is 12.8. The molecule has 1 aliphatic carbocycles. The number of furan rings is 1. The van der Waals surface area contributed by atoms with Crippen LogP contribution in [0.4, 0.5) is 0 Å². The third-order valence-electron chi connectivity index (χ3n) is 7.19. The minimum Gasteiger partial charge on any atom is -0.465 e. The summed E-state index contributed by atoms with van der Waals surface area (Å²) in [6.07, 6.45) is 7.78. The van der Waals surface area contributed by atoms with E-state index in [1.807, 2.05) is 41.3 Å². The number of piperidine rings is 1. The SMILES string of the molecule is CCCNC(=O)C1CCN(C(=O)c2c3c(nc4ccccc24)/C(=C\c2ccco2)CC(C)C3)CC1. The summed E-state index contributed by atoms with van der Waals surface area (Å²) in [6.45, 7) is 6.18. The zero-order valence-electron chi connectivity index (χ0n) is 20.5. The van der Waals surface area contributed by atoms with E-state index in [0.717, 1.165) is 58.3 Å². The van der Waals surface area contributed by atoms with E-state index in [4.69, 9.17) is 9.40 Å². The van der Waals surface area contributed by atoms with Gasteiger partial charge in [-0.1, -0.05) is 32.0 Å². The van der Waals surface area contributed by atoms with E-state index >= 15 is 0 Å². The molecule has 1 saturated heterocycles. The van der Waals surface area contributed by atoms with Crippen LogP contribution in [0.2, 0.25) is 0 Å². The summed E-state index contributed by atoms with van der Waals surface area (Å²) < 4.78 is 5.59. The maximum Gasteiger partial charge on any atom is 0.254 e. The number of allylic oxidation sites excluding steroid dienone is 1. The van der Waals surface area contributed by atoms with Crippen molar-refractivity contribution in [3.8, 4) is 0 Å². The molecule has 1 unspecified atom stereocenters. The normalized spacial score (nSPS) is 19.7. The fourth-order valence-corrected chi connectivity index (χ4v) is 5.42. The van der Waals surface area contributed by atoms with Crippen LogP contribution in [0.25, 0.3) is 22.6 Å². The number of nitrogens with zero attached hydrogens (tertiary/aromatic N) is 2. The average Bonchev–Trinajstić information content (AvgIpc) is 3.39. The number of nitrogens with one attached hydrogen (secondary N) is 1. The smallest absolute Gasteiger partial charge is 0.254 e. The third-order valence-corrected chi connectivity index (χ3v) is 7.19. The summed E-state index contributed by atoms with van der Waals surface area (Å²) in [6, 6.07) is 11.8. The lowest BCUT2D eigenvalue weighted by Crippen LogP contribution is -2.43. The molecule has 6 heteroatoms. The van der Waals surface area contributed by atoms with Gasteiger partial charge in [-0.2, -0.15) is 0 Å². The van der Waals surface area contributed by atoms with Gasteiger partial charge in [-0.3, -0.25) is 9.59 Å². The van der Waals surface area contributed by atoms with Gasteiger partial charge >= 0.3 is 0 Å². The van der Waals surface area contributed by atoms with Crippen molar-refractivity contribution < 1.29 is 14.0 Å². The van der Waals surface area contributed by atoms with Gasteiger partial charge < -0.3 is 14.6 Å². The van der Waals surface area contributed by atoms with Crippen LogP contribution < -0.4 is 5.32 Å². The topological polar surface area (TPSA) is 75.4 Å². The summed E-state index contributed by atoms with van der Waals surface area (Å²) in [5.41, 5.74) is 4.67. The lowest BCUT2D eigenvalue weighted by Gasteiger charge is -2.33. The highest BCUT2D eigenvalue weighted by molar-refractivity contribution is 6.09. The molecule has 3 heterocycles. The molecule has 35 heavy (non-hydrogen) atoms. The molecule has 2 amide bonds. The standard InChI is InChI=1S/C29H33N3O3/c1-3-12-30-28(33)20-10-13-32(14-11-20)29(34)26-23-8-4-5-9-25(23)31-27-21(16-19(2)17-24(26)27)18-22-7-6-15-35-22/h4-9,15,18-20H,3,10-14,16-17H2,1-2H3,(H,30,33)/b21-18-. The van der Waals surface area contributed by atoms with E-state index in [2.05, 4.69) is 25.2 Å². The summed E-state index contributed by atoms with van der Waals surface area (Å²) in [5.74, 6) is 1.35. The van der Waals surface area contributed by atoms with E-state index in [9.17, 15) is 9.59 Å². The number of aromatic nitrogens is 1. The van der Waals surface area contributed by atoms with Crippen LogP contribution in [-0.4, -0.2) is 41.3 Å². The van der Waals surface area contributed by atoms with E-state index in [-0.39, 0.29) is 17.7 Å². The van der Waals surface area contributed by atoms with Gasteiger partial charge in [0.1, 0.15) is 5.76 Å². The van der Waals surface area contributed by atoms with Gasteiger partial charge in [0.05, 0.1) is 23.0 Å². The van der Waals surface area contributed by atoms with Crippen molar-refractivity contribution in [2.45, 2.75) is 46.0 Å². The van der Waals surface area contributed by atoms with Gasteiger partial charge in [0.15, 0.2) is 0 Å². The Balaban J connectivity index is 1.50. The van der Waals surface area contributed by atoms with Crippen molar-refractivity contribution in [1.82, 2.24) is 15.2 Å². The molecule has 5 rings (SSSR count). The highest BCUT2D eigenvalue weighted by Crippen LogP contribution is 2.39. The zero-order chi connectivity index (χ0) is 24.4. The number of fused-ring (bicyclic) bond motifs is 2. The highest BCUT2D eigenvalue weighted by Gasteiger charge is 2.33. The van der Waals surface area contributed by atoms with Crippen molar-refractivity contribution >= 4 is 34.4 Å². The molecule has 3 aromatic rings. The molecule has 2 aromatic heterocycles. The minimum absolute atomic E-state index is 0.0171. The Labute approximate surface area is 206 Å². The molecule has 2 aliphatic rings. The number of carbonyl (C=O) groups is 2. The Morgan fingerprint density at radius 2 is 1.94 bits per heavy atom. The quantitative estimate of drug-likeness (QED) is 0.546. The Kier molecular flexibility index (Phi) is 6.71. The molecule has 1 fully saturated rings. The predicted octanol–water partition coefficient (Wildman–Crippen LogP) is 5.33. The zero-order valence-corrected chi connectivity index (χ0v) is 20.5. The average molecular weight is 472 g/mol. The summed E-state index contributed by atoms with van der Waals surface area (Å²) in [5, 5.41) is 3.91. The molecular formula is C29H33N3O3. The summed E-state index contributed by atoms with van der Waals surface area (Å²) >= 11 is 0. The second-order valence-electron chi connectivity index (χ2n) is 9.89. The first-order valence-corrected chi connectivity index (χ1v) is 12.8. The number of rotatable bonds is 5. The molecular weight excluding hydrogens is 438 g/mol. The van der Waals surface area contributed by atoms with E-state index in [1.165, 1.54) is 0 Å². The number of pyridine rings is 1. The van der Waals surface area contributed by atoms with Crippen LogP contribution in [0.5, 0.6) is 0 Å². The number of likely N-dealkylation sites (tertiary alicyclic amines) is 1. The molecule has 182 valence electrons. The van der Waals surface area contributed by atoms with Crippen molar-refractivity contribution in [3.63, 3.8) is 0 Å². The fourth-order valence-electron chi connectivity index (χ4n) is 5.42. The number of amides is 2. The Morgan fingerprint density at radius 1 is 1.14 bits per heavy atom. The number of hydrogen-bond donors (Lipinski definition) is 1. The lowest BCUT2D eigenvalue weighted by molar-refractivity contribution is -0.126. The number of benzene rings is 1. The van der Waals surface area contributed by atoms with E-state index in [0.29, 0.717) is 38.4 Å². The maximum atomic E-state index is 14.0. The maximum absolute atomic E-state index is 14.0. The van der Waals surface area contributed by atoms with Crippen LogP contribution in [0.15, 0.2) is 47.1 Å². The predicted molar refractivity (Wildman–Crippen MR) is 138 cm³/mol. The largest absolute Gasteiger partial charge is 0.465 e. The van der Waals surface area contributed by atoms with Crippen molar-refractivity contribution in [1.29, 1.82) is 0 Å². The summed E-state index contributed by atoms with van der Waals surface area (Å²) in [7, 11) is 0. The lowest BCUT2D eigenvalue weighted by atomic mass is 9.80. The Morgan fingerprint density at radius 3 is 2.69 bits per heavy atom. The Bertz CT molecular complexity index is 1250. The van der Waals surface area contributed by atoms with Crippen molar-refractivity contribution in [3.05, 3.63) is 65.2 Å². The van der Waals surface area contributed by atoms with Crippen LogP contribution in [0.1, 0.15) is 66.9 Å². The van der Waals surface area contributed by atoms with Gasteiger partial charge in [-0.15, -0.1) is 0 Å². The van der Waals surface area contributed by atoms with E-state index in [1.54, 1.807) is 6.26 Å². The molecule has 0 radical (unpaired) electrons. The number of hydrogen-bond acceptors (Lipinski definition) is 4. The molecule has 6 nitrogen and oxygen atoms in total. The minimum atomic E-state index is -0.0171. The van der Waals surface area contributed by atoms with Crippen LogP contribution >= 0.6 is 0 Å². The summed E-state index contributed by atoms with van der Waals surface area (Å²) in [4.78, 5) is 33.4.